The number of benzene rings is 1. The number of imidazole rings is 1. The highest BCUT2D eigenvalue weighted by atomic mass is 32.1. The van der Waals surface area contributed by atoms with Crippen molar-refractivity contribution in [2.45, 2.75) is 26.7 Å². The number of aryl methyl sites for hydroxylation is 2. The van der Waals surface area contributed by atoms with Crippen LogP contribution < -0.4 is 0 Å². The summed E-state index contributed by atoms with van der Waals surface area (Å²) in [4.78, 5) is 17.3. The second-order valence-electron chi connectivity index (χ2n) is 4.89. The van der Waals surface area contributed by atoms with Crippen molar-refractivity contribution in [1.82, 2.24) is 9.97 Å². The maximum Gasteiger partial charge on any atom is 0.174 e. The first-order valence-corrected chi connectivity index (χ1v) is 6.85. The maximum absolute atomic E-state index is 11.6. The van der Waals surface area contributed by atoms with E-state index in [1.54, 1.807) is 0 Å². The maximum atomic E-state index is 11.6. The molecule has 2 aromatic rings. The van der Waals surface area contributed by atoms with Crippen LogP contribution in [0, 0.1) is 17.6 Å². The van der Waals surface area contributed by atoms with Crippen molar-refractivity contribution in [3.05, 3.63) is 52.1 Å². The molecule has 0 amide bonds. The number of rotatable bonds is 0. The lowest BCUT2D eigenvalue weighted by molar-refractivity contribution is 0.0913. The highest BCUT2D eigenvalue weighted by Gasteiger charge is 2.22. The number of fused-ring (bicyclic) bond motifs is 1. The van der Waals surface area contributed by atoms with Crippen LogP contribution in [-0.2, 0) is 6.42 Å². The average molecular weight is 274 g/mol. The summed E-state index contributed by atoms with van der Waals surface area (Å²) < 4.78 is 0.692. The summed E-state index contributed by atoms with van der Waals surface area (Å²) in [5.74, 6) is 0.539. The molecule has 3 nitrogen and oxygen atoms in total. The van der Waals surface area contributed by atoms with Crippen LogP contribution in [0.5, 0.6) is 0 Å². The van der Waals surface area contributed by atoms with Gasteiger partial charge in [-0.25, -0.2) is 0 Å². The van der Waals surface area contributed by atoms with Crippen LogP contribution in [-0.4, -0.2) is 15.8 Å². The Hall–Kier alpha value is -1.68. The number of hydrogen-bond acceptors (Lipinski definition) is 2. The molecular formula is C15H18N2OS. The zero-order valence-corrected chi connectivity index (χ0v) is 12.0. The summed E-state index contributed by atoms with van der Waals surface area (Å²) in [6.45, 7) is 3.96. The Morgan fingerprint density at radius 2 is 2.05 bits per heavy atom. The van der Waals surface area contributed by atoms with E-state index in [9.17, 15) is 4.79 Å². The molecule has 0 bridgehead atoms. The summed E-state index contributed by atoms with van der Waals surface area (Å²) in [5.41, 5.74) is 3.24. The first kappa shape index (κ1) is 13.7. The number of aromatic amines is 2. The minimum absolute atomic E-state index is 0.222. The third kappa shape index (κ3) is 3.41. The van der Waals surface area contributed by atoms with Gasteiger partial charge in [0.05, 0.1) is 0 Å². The van der Waals surface area contributed by atoms with Gasteiger partial charge in [-0.15, -0.1) is 0 Å². The third-order valence-corrected chi connectivity index (χ3v) is 3.53. The van der Waals surface area contributed by atoms with Gasteiger partial charge < -0.3 is 9.97 Å². The van der Waals surface area contributed by atoms with Crippen molar-refractivity contribution in [1.29, 1.82) is 0 Å². The zero-order valence-electron chi connectivity index (χ0n) is 11.2. The smallest absolute Gasteiger partial charge is 0.174 e. The van der Waals surface area contributed by atoms with Crippen molar-refractivity contribution >= 4 is 18.0 Å². The molecule has 2 N–H and O–H groups in total. The molecule has 1 unspecified atom stereocenters. The molecule has 1 aliphatic carbocycles. The van der Waals surface area contributed by atoms with Gasteiger partial charge in [-0.1, -0.05) is 31.2 Å². The Morgan fingerprint density at radius 3 is 2.63 bits per heavy atom. The zero-order chi connectivity index (χ0) is 13.8. The van der Waals surface area contributed by atoms with Gasteiger partial charge in [0.1, 0.15) is 0 Å². The average Bonchev–Trinajstić information content (AvgIpc) is 2.79. The molecule has 4 heteroatoms. The first-order valence-electron chi connectivity index (χ1n) is 6.44. The lowest BCUT2D eigenvalue weighted by Gasteiger charge is -2.19. The van der Waals surface area contributed by atoms with E-state index in [2.05, 4.69) is 16.0 Å². The fraction of sp³-hybridized carbons (Fsp3) is 0.333. The van der Waals surface area contributed by atoms with Crippen molar-refractivity contribution in [3.63, 3.8) is 0 Å². The van der Waals surface area contributed by atoms with Gasteiger partial charge in [-0.2, -0.15) is 0 Å². The van der Waals surface area contributed by atoms with Crippen molar-refractivity contribution in [2.24, 2.45) is 5.92 Å². The van der Waals surface area contributed by atoms with Gasteiger partial charge in [0, 0.05) is 23.4 Å². The summed E-state index contributed by atoms with van der Waals surface area (Å²) in [7, 11) is 0. The van der Waals surface area contributed by atoms with E-state index in [0.29, 0.717) is 10.6 Å². The van der Waals surface area contributed by atoms with Crippen LogP contribution in [0.3, 0.4) is 0 Å². The van der Waals surface area contributed by atoms with E-state index in [1.165, 1.54) is 5.56 Å². The number of hydrogen-bond donors (Lipinski definition) is 2. The van der Waals surface area contributed by atoms with Crippen LogP contribution in [0.4, 0.5) is 0 Å². The number of H-pyrrole nitrogens is 2. The predicted octanol–water partition coefficient (Wildman–Crippen LogP) is 3.83. The van der Waals surface area contributed by atoms with Gasteiger partial charge in [0.15, 0.2) is 10.6 Å². The van der Waals surface area contributed by atoms with E-state index >= 15 is 0 Å². The molecule has 3 rings (SSSR count). The molecule has 100 valence electrons. The molecule has 0 saturated carbocycles. The molecular weight excluding hydrogens is 256 g/mol. The molecule has 1 aliphatic rings. The Bertz CT molecular complexity index is 627. The molecule has 0 fully saturated rings. The lowest BCUT2D eigenvalue weighted by Crippen LogP contribution is -2.19. The second-order valence-corrected chi connectivity index (χ2v) is 5.30. The second kappa shape index (κ2) is 5.97. The normalized spacial score (nSPS) is 17.4. The molecule has 1 aromatic heterocycles. The predicted molar refractivity (Wildman–Crippen MR) is 79.0 cm³/mol. The van der Waals surface area contributed by atoms with Crippen LogP contribution in [0.2, 0.25) is 0 Å². The minimum Gasteiger partial charge on any atom is -0.337 e. The van der Waals surface area contributed by atoms with Crippen LogP contribution in [0.25, 0.3) is 0 Å². The SMILES string of the molecule is CC1CCc2ccccc2C1=O.Cc1c[nH]c(=S)[nH]1. The third-order valence-electron chi connectivity index (χ3n) is 3.31. The van der Waals surface area contributed by atoms with E-state index in [1.807, 2.05) is 38.2 Å². The standard InChI is InChI=1S/C11H12O.C4H6N2S/c1-8-6-7-9-4-2-3-5-10(9)11(8)12;1-3-2-5-4(7)6-3/h2-5,8H,6-7H2,1H3;2H,1H3,(H2,5,6,7). The summed E-state index contributed by atoms with van der Waals surface area (Å²) in [5, 5.41) is 0. The fourth-order valence-electron chi connectivity index (χ4n) is 2.17. The number of carbonyl (C=O) groups excluding carboxylic acids is 1. The summed E-state index contributed by atoms with van der Waals surface area (Å²) in [6.07, 6.45) is 3.90. The molecule has 0 aliphatic heterocycles. The number of Topliss-reactive ketones (excluding diaryl/α,β-unsaturated/α-hetero) is 1. The first-order chi connectivity index (χ1) is 9.08. The van der Waals surface area contributed by atoms with Crippen LogP contribution >= 0.6 is 12.2 Å². The number of carbonyl (C=O) groups is 1. The quantitative estimate of drug-likeness (QED) is 0.717. The van der Waals surface area contributed by atoms with Gasteiger partial charge in [-0.05, 0) is 37.5 Å². The van der Waals surface area contributed by atoms with Crippen LogP contribution in [0.15, 0.2) is 30.5 Å². The number of ketones is 1. The van der Waals surface area contributed by atoms with E-state index in [0.717, 1.165) is 24.1 Å². The molecule has 0 spiro atoms. The van der Waals surface area contributed by atoms with Crippen LogP contribution in [0.1, 0.15) is 35.0 Å². The topological polar surface area (TPSA) is 48.6 Å². The molecule has 19 heavy (non-hydrogen) atoms. The van der Waals surface area contributed by atoms with Gasteiger partial charge in [-0.3, -0.25) is 4.79 Å². The van der Waals surface area contributed by atoms with Crippen molar-refractivity contribution < 1.29 is 4.79 Å². The summed E-state index contributed by atoms with van der Waals surface area (Å²) in [6, 6.07) is 7.93. The largest absolute Gasteiger partial charge is 0.337 e. The van der Waals surface area contributed by atoms with Gasteiger partial charge >= 0.3 is 0 Å². The number of nitrogens with one attached hydrogen (secondary N) is 2. The summed E-state index contributed by atoms with van der Waals surface area (Å²) >= 11 is 4.72. The van der Waals surface area contributed by atoms with Gasteiger partial charge in [0.25, 0.3) is 0 Å². The lowest BCUT2D eigenvalue weighted by atomic mass is 9.84. The van der Waals surface area contributed by atoms with Crippen molar-refractivity contribution in [3.8, 4) is 0 Å². The number of aromatic nitrogens is 2. The van der Waals surface area contributed by atoms with E-state index in [-0.39, 0.29) is 5.92 Å². The molecule has 0 radical (unpaired) electrons. The molecule has 1 aromatic carbocycles. The van der Waals surface area contributed by atoms with Crippen molar-refractivity contribution in [2.75, 3.05) is 0 Å². The Kier molecular flexibility index (Phi) is 4.32. The Balaban J connectivity index is 0.000000163. The fourth-order valence-corrected chi connectivity index (χ4v) is 2.39. The Morgan fingerprint density at radius 1 is 1.32 bits per heavy atom. The minimum atomic E-state index is 0.222. The van der Waals surface area contributed by atoms with E-state index in [4.69, 9.17) is 12.2 Å². The molecule has 1 heterocycles. The monoisotopic (exact) mass is 274 g/mol. The van der Waals surface area contributed by atoms with Gasteiger partial charge in [0.2, 0.25) is 0 Å². The van der Waals surface area contributed by atoms with E-state index < -0.39 is 0 Å². The molecule has 1 atom stereocenters. The molecule has 0 saturated heterocycles. The highest BCUT2D eigenvalue weighted by Crippen LogP contribution is 2.24. The Labute approximate surface area is 118 Å². The highest BCUT2D eigenvalue weighted by molar-refractivity contribution is 7.71.